The van der Waals surface area contributed by atoms with Gasteiger partial charge in [0.25, 0.3) is 0 Å². The molecule has 1 aromatic heterocycles. The Morgan fingerprint density at radius 3 is 2.37 bits per heavy atom. The van der Waals surface area contributed by atoms with Gasteiger partial charge in [-0.2, -0.15) is 13.2 Å². The number of nitrogens with zero attached hydrogens (tertiary/aromatic N) is 1. The minimum atomic E-state index is -4.63. The Labute approximate surface area is 169 Å². The molecule has 0 spiro atoms. The molecule has 2 amide bonds. The van der Waals surface area contributed by atoms with Crippen molar-refractivity contribution in [2.75, 3.05) is 28.6 Å². The highest BCUT2D eigenvalue weighted by Gasteiger charge is 2.33. The van der Waals surface area contributed by atoms with Crippen LogP contribution in [0.2, 0.25) is 0 Å². The van der Waals surface area contributed by atoms with Crippen LogP contribution in [0.15, 0.2) is 57.7 Å². The Morgan fingerprint density at radius 1 is 0.967 bits per heavy atom. The number of alkyl halides is 3. The highest BCUT2D eigenvalue weighted by Crippen LogP contribution is 2.36. The van der Waals surface area contributed by atoms with Crippen LogP contribution in [0.3, 0.4) is 0 Å². The Bertz CT molecular complexity index is 1150. The van der Waals surface area contributed by atoms with Crippen molar-refractivity contribution in [1.82, 2.24) is 0 Å². The van der Waals surface area contributed by atoms with Gasteiger partial charge in [0.05, 0.1) is 16.9 Å². The van der Waals surface area contributed by atoms with E-state index in [1.165, 1.54) is 12.1 Å². The molecule has 0 atom stereocenters. The molecule has 2 aromatic carbocycles. The first-order valence-corrected chi connectivity index (χ1v) is 9.39. The van der Waals surface area contributed by atoms with Gasteiger partial charge < -0.3 is 14.6 Å². The minimum Gasteiger partial charge on any atom is -0.421 e. The summed E-state index contributed by atoms with van der Waals surface area (Å²) in [6, 6.07) is 10.6. The van der Waals surface area contributed by atoms with E-state index in [0.717, 1.165) is 25.0 Å². The summed E-state index contributed by atoms with van der Waals surface area (Å²) in [6.07, 6.45) is -2.77. The summed E-state index contributed by atoms with van der Waals surface area (Å²) >= 11 is 0. The van der Waals surface area contributed by atoms with Crippen LogP contribution < -0.4 is 21.2 Å². The number of carbonyl (C=O) groups is 1. The third-order valence-electron chi connectivity index (χ3n) is 4.93. The summed E-state index contributed by atoms with van der Waals surface area (Å²) in [4.78, 5) is 27.1. The molecule has 1 saturated heterocycles. The minimum absolute atomic E-state index is 0.0995. The zero-order valence-electron chi connectivity index (χ0n) is 15.8. The Kier molecular flexibility index (Phi) is 5.11. The van der Waals surface area contributed by atoms with Crippen LogP contribution in [-0.2, 0) is 6.18 Å². The van der Waals surface area contributed by atoms with Gasteiger partial charge in [-0.25, -0.2) is 9.59 Å². The van der Waals surface area contributed by atoms with Crippen LogP contribution in [-0.4, -0.2) is 19.1 Å². The lowest BCUT2D eigenvalue weighted by Gasteiger charge is -2.22. The van der Waals surface area contributed by atoms with E-state index >= 15 is 0 Å². The number of fused-ring (bicyclic) bond motifs is 1. The number of nitrogens with one attached hydrogen (secondary N) is 2. The number of urea groups is 1. The van der Waals surface area contributed by atoms with E-state index in [-0.39, 0.29) is 5.69 Å². The summed E-state index contributed by atoms with van der Waals surface area (Å²) in [7, 11) is 0. The number of hydrogen-bond acceptors (Lipinski definition) is 4. The third kappa shape index (κ3) is 3.83. The Hall–Kier alpha value is -3.49. The van der Waals surface area contributed by atoms with E-state index in [1.54, 1.807) is 24.3 Å². The second-order valence-electron chi connectivity index (χ2n) is 6.93. The van der Waals surface area contributed by atoms with Crippen molar-refractivity contribution in [3.63, 3.8) is 0 Å². The molecular weight excluding hydrogens is 399 g/mol. The molecule has 0 unspecified atom stereocenters. The van der Waals surface area contributed by atoms with Crippen molar-refractivity contribution in [2.45, 2.75) is 19.0 Å². The monoisotopic (exact) mass is 417 g/mol. The summed E-state index contributed by atoms with van der Waals surface area (Å²) in [5.74, 6) is 0. The lowest BCUT2D eigenvalue weighted by Crippen LogP contribution is -2.28. The number of amides is 2. The van der Waals surface area contributed by atoms with Gasteiger partial charge in [0.1, 0.15) is 5.58 Å². The number of benzene rings is 2. The average Bonchev–Trinajstić information content (AvgIpc) is 3.22. The predicted molar refractivity (Wildman–Crippen MR) is 108 cm³/mol. The topological polar surface area (TPSA) is 74.6 Å². The smallest absolute Gasteiger partial charge is 0.418 e. The highest BCUT2D eigenvalue weighted by atomic mass is 19.4. The first-order valence-electron chi connectivity index (χ1n) is 9.39. The second kappa shape index (κ2) is 7.74. The Balaban J connectivity index is 1.71. The normalized spacial score (nSPS) is 14.2. The first kappa shape index (κ1) is 19.8. The molecule has 9 heteroatoms. The zero-order chi connectivity index (χ0) is 21.3. The van der Waals surface area contributed by atoms with Crippen LogP contribution in [0.5, 0.6) is 0 Å². The fourth-order valence-electron chi connectivity index (χ4n) is 3.62. The largest absolute Gasteiger partial charge is 0.421 e. The van der Waals surface area contributed by atoms with E-state index in [4.69, 9.17) is 4.42 Å². The average molecular weight is 417 g/mol. The molecule has 156 valence electrons. The summed E-state index contributed by atoms with van der Waals surface area (Å²) in [5, 5.41) is 5.24. The van der Waals surface area contributed by atoms with Crippen LogP contribution >= 0.6 is 0 Å². The molecule has 0 saturated carbocycles. The molecule has 1 fully saturated rings. The van der Waals surface area contributed by atoms with Crippen molar-refractivity contribution < 1.29 is 22.4 Å². The molecule has 2 N–H and O–H groups in total. The van der Waals surface area contributed by atoms with E-state index in [0.29, 0.717) is 29.7 Å². The van der Waals surface area contributed by atoms with Crippen LogP contribution in [0.4, 0.5) is 35.0 Å². The SMILES string of the molecule is O=C(Nc1ccccc1C(F)(F)F)Nc1c(N2CCCC2)c2ccccc2oc1=O. The van der Waals surface area contributed by atoms with Gasteiger partial charge in [-0.05, 0) is 37.1 Å². The van der Waals surface area contributed by atoms with E-state index in [9.17, 15) is 22.8 Å². The second-order valence-corrected chi connectivity index (χ2v) is 6.93. The van der Waals surface area contributed by atoms with Gasteiger partial charge >= 0.3 is 17.8 Å². The van der Waals surface area contributed by atoms with Gasteiger partial charge in [0, 0.05) is 18.5 Å². The van der Waals surface area contributed by atoms with Crippen molar-refractivity contribution in [3.8, 4) is 0 Å². The van der Waals surface area contributed by atoms with Crippen molar-refractivity contribution >= 4 is 34.1 Å². The molecule has 0 bridgehead atoms. The third-order valence-corrected chi connectivity index (χ3v) is 4.93. The maximum absolute atomic E-state index is 13.2. The highest BCUT2D eigenvalue weighted by molar-refractivity contribution is 6.06. The summed E-state index contributed by atoms with van der Waals surface area (Å²) in [6.45, 7) is 1.39. The molecule has 1 aliphatic heterocycles. The molecule has 30 heavy (non-hydrogen) atoms. The zero-order valence-corrected chi connectivity index (χ0v) is 15.8. The van der Waals surface area contributed by atoms with Crippen LogP contribution in [0.25, 0.3) is 11.0 Å². The van der Waals surface area contributed by atoms with E-state index in [2.05, 4.69) is 10.6 Å². The fourth-order valence-corrected chi connectivity index (χ4v) is 3.62. The molecule has 4 rings (SSSR count). The number of halogens is 3. The van der Waals surface area contributed by atoms with E-state index < -0.39 is 29.1 Å². The molecule has 1 aliphatic rings. The van der Waals surface area contributed by atoms with Gasteiger partial charge in [0.15, 0.2) is 5.69 Å². The molecule has 6 nitrogen and oxygen atoms in total. The molecular formula is C21H18F3N3O3. The lowest BCUT2D eigenvalue weighted by molar-refractivity contribution is -0.136. The van der Waals surface area contributed by atoms with Crippen LogP contribution in [0, 0.1) is 0 Å². The van der Waals surface area contributed by atoms with E-state index in [1.807, 2.05) is 4.90 Å². The van der Waals surface area contributed by atoms with Gasteiger partial charge in [-0.3, -0.25) is 5.32 Å². The molecule has 2 heterocycles. The van der Waals surface area contributed by atoms with Gasteiger partial charge in [-0.15, -0.1) is 0 Å². The van der Waals surface area contributed by atoms with Gasteiger partial charge in [0.2, 0.25) is 0 Å². The first-order chi connectivity index (χ1) is 14.3. The van der Waals surface area contributed by atoms with Crippen molar-refractivity contribution in [3.05, 3.63) is 64.5 Å². The standard InChI is InChI=1S/C21H18F3N3O3/c22-21(23,24)14-8-2-3-9-15(14)25-20(29)26-17-18(27-11-5-6-12-27)13-7-1-4-10-16(13)30-19(17)28/h1-4,7-10H,5-6,11-12H2,(H2,25,26,29). The van der Waals surface area contributed by atoms with Crippen LogP contribution in [0.1, 0.15) is 18.4 Å². The maximum Gasteiger partial charge on any atom is 0.418 e. The predicted octanol–water partition coefficient (Wildman–Crippen LogP) is 5.06. The fraction of sp³-hybridized carbons (Fsp3) is 0.238. The van der Waals surface area contributed by atoms with Gasteiger partial charge in [-0.1, -0.05) is 24.3 Å². The van der Waals surface area contributed by atoms with Crippen molar-refractivity contribution in [1.29, 1.82) is 0 Å². The summed E-state index contributed by atoms with van der Waals surface area (Å²) < 4.78 is 44.9. The number of carbonyl (C=O) groups excluding carboxylic acids is 1. The Morgan fingerprint density at radius 2 is 1.63 bits per heavy atom. The van der Waals surface area contributed by atoms with Crippen molar-refractivity contribution in [2.24, 2.45) is 0 Å². The summed E-state index contributed by atoms with van der Waals surface area (Å²) in [5.41, 5.74) is -1.37. The number of rotatable bonds is 3. The lowest BCUT2D eigenvalue weighted by atomic mass is 10.1. The number of hydrogen-bond donors (Lipinski definition) is 2. The molecule has 0 radical (unpaired) electrons. The maximum atomic E-state index is 13.2. The quantitative estimate of drug-likeness (QED) is 0.585. The number of anilines is 3. The number of para-hydroxylation sites is 2. The molecule has 0 aliphatic carbocycles. The molecule has 3 aromatic rings.